The summed E-state index contributed by atoms with van der Waals surface area (Å²) in [5, 5.41) is 54.8. The van der Waals surface area contributed by atoms with Crippen molar-refractivity contribution in [1.29, 1.82) is 0 Å². The number of hydrogen-bond acceptors (Lipinski definition) is 8. The molecule has 0 aromatic carbocycles. The molecule has 1 rings (SSSR count). The van der Waals surface area contributed by atoms with Crippen LogP contribution < -0.4 is 5.32 Å². The maximum atomic E-state index is 13.1. The predicted molar refractivity (Wildman–Crippen MR) is 304 cm³/mol. The van der Waals surface area contributed by atoms with Gasteiger partial charge in [0, 0.05) is 6.42 Å². The third kappa shape index (κ3) is 42.3. The maximum Gasteiger partial charge on any atom is 0.220 e. The summed E-state index contributed by atoms with van der Waals surface area (Å²) in [6.45, 7) is 3.90. The molecule has 0 aliphatic carbocycles. The molecule has 1 amide bonds. The maximum absolute atomic E-state index is 13.1. The average Bonchev–Trinajstić information content (AvgIpc) is 3.38. The first-order valence-electron chi connectivity index (χ1n) is 32.2. The Kier molecular flexibility index (Phi) is 51.5. The van der Waals surface area contributed by atoms with Crippen LogP contribution in [0.2, 0.25) is 0 Å². The molecule has 1 fully saturated rings. The van der Waals surface area contributed by atoms with Crippen LogP contribution in [0.25, 0.3) is 0 Å². The van der Waals surface area contributed by atoms with E-state index >= 15 is 0 Å². The lowest BCUT2D eigenvalue weighted by Gasteiger charge is -2.40. The van der Waals surface area contributed by atoms with E-state index in [-0.39, 0.29) is 12.5 Å². The predicted octanol–water partition coefficient (Wildman–Crippen LogP) is 16.6. The Hall–Kier alpha value is -0.810. The number of ether oxygens (including phenoxy) is 2. The van der Waals surface area contributed by atoms with Gasteiger partial charge in [0.2, 0.25) is 5.91 Å². The van der Waals surface area contributed by atoms with Gasteiger partial charge in [-0.15, -0.1) is 0 Å². The van der Waals surface area contributed by atoms with Crippen LogP contribution in [0.3, 0.4) is 0 Å². The smallest absolute Gasteiger partial charge is 0.220 e. The van der Waals surface area contributed by atoms with E-state index < -0.39 is 49.5 Å². The Labute approximate surface area is 446 Å². The average molecular weight is 1020 g/mol. The van der Waals surface area contributed by atoms with Crippen molar-refractivity contribution in [2.24, 2.45) is 0 Å². The monoisotopic (exact) mass is 1020 g/mol. The van der Waals surface area contributed by atoms with E-state index in [4.69, 9.17) is 9.47 Å². The van der Waals surface area contributed by atoms with Gasteiger partial charge in [-0.25, -0.2) is 0 Å². The fourth-order valence-electron chi connectivity index (χ4n) is 10.9. The molecule has 430 valence electrons. The Balaban J connectivity index is 2.13. The zero-order valence-electron chi connectivity index (χ0n) is 48.0. The molecule has 7 unspecified atom stereocenters. The van der Waals surface area contributed by atoms with Crippen molar-refractivity contribution in [3.63, 3.8) is 0 Å². The van der Waals surface area contributed by atoms with Crippen molar-refractivity contribution in [3.8, 4) is 0 Å². The number of rotatable bonds is 57. The topological polar surface area (TPSA) is 149 Å². The molecule has 9 nitrogen and oxygen atoms in total. The Morgan fingerprint density at radius 3 is 0.986 bits per heavy atom. The number of aliphatic hydroxyl groups excluding tert-OH is 5. The summed E-state index contributed by atoms with van der Waals surface area (Å²) in [6, 6.07) is -0.714. The number of hydrogen-bond donors (Lipinski definition) is 6. The van der Waals surface area contributed by atoms with Gasteiger partial charge in [-0.3, -0.25) is 4.79 Å². The molecule has 6 N–H and O–H groups in total. The van der Waals surface area contributed by atoms with Crippen LogP contribution in [0, 0.1) is 0 Å². The second kappa shape index (κ2) is 53.6. The number of carbonyl (C=O) groups is 1. The lowest BCUT2D eigenvalue weighted by molar-refractivity contribution is -0.302. The highest BCUT2D eigenvalue weighted by molar-refractivity contribution is 5.76. The highest BCUT2D eigenvalue weighted by atomic mass is 16.7. The van der Waals surface area contributed by atoms with Crippen molar-refractivity contribution in [1.82, 2.24) is 5.32 Å². The summed E-state index contributed by atoms with van der Waals surface area (Å²) in [5.74, 6) is -0.134. The van der Waals surface area contributed by atoms with E-state index in [2.05, 4.69) is 19.2 Å². The van der Waals surface area contributed by atoms with Crippen molar-refractivity contribution in [2.45, 2.75) is 384 Å². The Morgan fingerprint density at radius 2 is 0.694 bits per heavy atom. The SMILES string of the molecule is CCCCCCCCCCCCCCCCCCCCCCCCCCCCCC(=O)NC(COC1OC(CO)C(O)C(O)C1O)C(O)CCCCCCCCCCCCCCCCCCCCCCCC. The first kappa shape index (κ1) is 69.2. The molecule has 0 aromatic rings. The Morgan fingerprint density at radius 1 is 0.417 bits per heavy atom. The molecule has 1 aliphatic rings. The molecule has 7 atom stereocenters. The summed E-state index contributed by atoms with van der Waals surface area (Å²) in [7, 11) is 0. The Bertz CT molecular complexity index is 1100. The number of unbranched alkanes of at least 4 members (excludes halogenated alkanes) is 47. The highest BCUT2D eigenvalue weighted by Gasteiger charge is 2.44. The van der Waals surface area contributed by atoms with E-state index in [0.29, 0.717) is 12.8 Å². The van der Waals surface area contributed by atoms with Crippen LogP contribution in [0.5, 0.6) is 0 Å². The fourth-order valence-corrected chi connectivity index (χ4v) is 10.9. The van der Waals surface area contributed by atoms with Crippen molar-refractivity contribution in [3.05, 3.63) is 0 Å². The first-order valence-corrected chi connectivity index (χ1v) is 32.2. The molecule has 0 aromatic heterocycles. The molecule has 0 saturated carbocycles. The van der Waals surface area contributed by atoms with Gasteiger partial charge >= 0.3 is 0 Å². The van der Waals surface area contributed by atoms with E-state index in [1.54, 1.807) is 0 Å². The van der Waals surface area contributed by atoms with Gasteiger partial charge in [-0.2, -0.15) is 0 Å². The molecular formula is C63H125NO8. The molecule has 0 bridgehead atoms. The molecule has 0 spiro atoms. The van der Waals surface area contributed by atoms with E-state index in [9.17, 15) is 30.3 Å². The number of nitrogens with one attached hydrogen (secondary N) is 1. The van der Waals surface area contributed by atoms with E-state index in [1.165, 1.54) is 276 Å². The minimum Gasteiger partial charge on any atom is -0.394 e. The van der Waals surface area contributed by atoms with Crippen LogP contribution in [-0.4, -0.2) is 87.5 Å². The van der Waals surface area contributed by atoms with E-state index in [0.717, 1.165) is 38.5 Å². The van der Waals surface area contributed by atoms with Crippen LogP contribution >= 0.6 is 0 Å². The quantitative estimate of drug-likeness (QED) is 0.0330. The van der Waals surface area contributed by atoms with Gasteiger partial charge in [0.15, 0.2) is 6.29 Å². The van der Waals surface area contributed by atoms with Gasteiger partial charge in [0.1, 0.15) is 24.4 Å². The number of aliphatic hydroxyl groups is 5. The fraction of sp³-hybridized carbons (Fsp3) is 0.984. The summed E-state index contributed by atoms with van der Waals surface area (Å²) < 4.78 is 11.4. The van der Waals surface area contributed by atoms with Gasteiger partial charge in [-0.05, 0) is 12.8 Å². The minimum atomic E-state index is -1.55. The third-order valence-electron chi connectivity index (χ3n) is 16.0. The second-order valence-corrected chi connectivity index (χ2v) is 22.9. The molecular weight excluding hydrogens is 899 g/mol. The summed E-state index contributed by atoms with van der Waals surface area (Å²) in [6.07, 6.45) is 58.7. The largest absolute Gasteiger partial charge is 0.394 e. The van der Waals surface area contributed by atoms with Gasteiger partial charge in [0.05, 0.1) is 25.4 Å². The first-order chi connectivity index (χ1) is 35.3. The van der Waals surface area contributed by atoms with Gasteiger partial charge < -0.3 is 40.3 Å². The van der Waals surface area contributed by atoms with E-state index in [1.807, 2.05) is 0 Å². The number of amides is 1. The minimum absolute atomic E-state index is 0.131. The zero-order valence-corrected chi connectivity index (χ0v) is 48.0. The molecule has 1 saturated heterocycles. The van der Waals surface area contributed by atoms with Crippen LogP contribution in [0.15, 0.2) is 0 Å². The van der Waals surface area contributed by atoms with Crippen LogP contribution in [0.4, 0.5) is 0 Å². The van der Waals surface area contributed by atoms with Gasteiger partial charge in [0.25, 0.3) is 0 Å². The third-order valence-corrected chi connectivity index (χ3v) is 16.0. The molecule has 1 heterocycles. The van der Waals surface area contributed by atoms with Crippen LogP contribution in [0.1, 0.15) is 341 Å². The van der Waals surface area contributed by atoms with Crippen molar-refractivity contribution < 1.29 is 39.8 Å². The molecule has 1 aliphatic heterocycles. The van der Waals surface area contributed by atoms with Crippen molar-refractivity contribution in [2.75, 3.05) is 13.2 Å². The highest BCUT2D eigenvalue weighted by Crippen LogP contribution is 2.24. The van der Waals surface area contributed by atoms with Gasteiger partial charge in [-0.1, -0.05) is 322 Å². The van der Waals surface area contributed by atoms with Crippen molar-refractivity contribution >= 4 is 5.91 Å². The molecule has 72 heavy (non-hydrogen) atoms. The standard InChI is InChI=1S/C63H125NO8/c1-3-5-7-9-11-13-15-17-19-21-23-25-27-28-29-30-31-33-35-37-39-41-43-45-47-49-51-53-59(67)64-56(55-71-63-62(70)61(69)60(68)58(54-65)72-63)57(66)52-50-48-46-44-42-40-38-36-34-32-26-24-22-20-18-16-14-12-10-8-6-4-2/h56-58,60-63,65-66,68-70H,3-55H2,1-2H3,(H,64,67). The normalized spacial score (nSPS) is 19.0. The summed E-state index contributed by atoms with van der Waals surface area (Å²) >= 11 is 0. The number of carbonyl (C=O) groups excluding carboxylic acids is 1. The molecule has 9 heteroatoms. The lowest BCUT2D eigenvalue weighted by atomic mass is 9.99. The lowest BCUT2D eigenvalue weighted by Crippen LogP contribution is -2.60. The second-order valence-electron chi connectivity index (χ2n) is 22.9. The molecule has 0 radical (unpaired) electrons. The zero-order chi connectivity index (χ0) is 52.2. The van der Waals surface area contributed by atoms with Crippen LogP contribution in [-0.2, 0) is 14.3 Å². The summed E-state index contributed by atoms with van der Waals surface area (Å²) in [4.78, 5) is 13.1. The summed E-state index contributed by atoms with van der Waals surface area (Å²) in [5.41, 5.74) is 0.